The van der Waals surface area contributed by atoms with Gasteiger partial charge in [-0.3, -0.25) is 4.79 Å². The molecule has 0 aliphatic rings. The van der Waals surface area contributed by atoms with Crippen molar-refractivity contribution in [2.75, 3.05) is 7.11 Å². The second-order valence-electron chi connectivity index (χ2n) is 4.18. The van der Waals surface area contributed by atoms with E-state index in [1.54, 1.807) is 43.5 Å². The molecule has 2 rings (SSSR count). The zero-order valence-electron chi connectivity index (χ0n) is 11.4. The maximum atomic E-state index is 12.0. The van der Waals surface area contributed by atoms with Gasteiger partial charge in [0, 0.05) is 11.1 Å². The molecule has 0 spiro atoms. The van der Waals surface area contributed by atoms with Crippen LogP contribution in [-0.2, 0) is 0 Å². The summed E-state index contributed by atoms with van der Waals surface area (Å²) >= 11 is 14.1. The first-order valence-corrected chi connectivity index (χ1v) is 7.97. The van der Waals surface area contributed by atoms with E-state index in [1.807, 2.05) is 0 Å². The van der Waals surface area contributed by atoms with E-state index in [-0.39, 0.29) is 5.91 Å². The second kappa shape index (κ2) is 7.80. The average Bonchev–Trinajstić information content (AvgIpc) is 2.50. The first kappa shape index (κ1) is 17.1. The van der Waals surface area contributed by atoms with Gasteiger partial charge < -0.3 is 4.74 Å². The Morgan fingerprint density at radius 3 is 2.55 bits per heavy atom. The van der Waals surface area contributed by atoms with Crippen LogP contribution < -0.4 is 10.2 Å². The molecule has 1 N–H and O–H groups in total. The summed E-state index contributed by atoms with van der Waals surface area (Å²) in [6, 6.07) is 10.2. The SMILES string of the molecule is COc1ccc(C(=O)N/N=C/c2c(Cl)cccc2Cl)cc1I. The van der Waals surface area contributed by atoms with Gasteiger partial charge in [0.25, 0.3) is 5.91 Å². The topological polar surface area (TPSA) is 50.7 Å². The fourth-order valence-corrected chi connectivity index (χ4v) is 2.89. The van der Waals surface area contributed by atoms with Crippen LogP contribution in [0.25, 0.3) is 0 Å². The number of rotatable bonds is 4. The summed E-state index contributed by atoms with van der Waals surface area (Å²) in [5, 5.41) is 4.81. The molecule has 0 saturated heterocycles. The highest BCUT2D eigenvalue weighted by molar-refractivity contribution is 14.1. The summed E-state index contributed by atoms with van der Waals surface area (Å²) in [6.45, 7) is 0. The fourth-order valence-electron chi connectivity index (χ4n) is 1.66. The van der Waals surface area contributed by atoms with E-state index >= 15 is 0 Å². The minimum atomic E-state index is -0.333. The number of nitrogens with one attached hydrogen (secondary N) is 1. The Balaban J connectivity index is 2.10. The van der Waals surface area contributed by atoms with Gasteiger partial charge in [-0.05, 0) is 52.9 Å². The molecule has 0 bridgehead atoms. The van der Waals surface area contributed by atoms with Crippen molar-refractivity contribution in [2.24, 2.45) is 5.10 Å². The van der Waals surface area contributed by atoms with Crippen molar-refractivity contribution in [3.05, 3.63) is 61.1 Å². The van der Waals surface area contributed by atoms with Crippen molar-refractivity contribution in [3.8, 4) is 5.75 Å². The van der Waals surface area contributed by atoms with Gasteiger partial charge in [0.05, 0.1) is 26.9 Å². The number of hydrazone groups is 1. The Morgan fingerprint density at radius 1 is 1.27 bits per heavy atom. The molecule has 1 amide bonds. The van der Waals surface area contributed by atoms with Gasteiger partial charge in [-0.1, -0.05) is 29.3 Å². The lowest BCUT2D eigenvalue weighted by Crippen LogP contribution is -2.17. The molecule has 0 unspecified atom stereocenters. The molecule has 7 heteroatoms. The normalized spacial score (nSPS) is 10.7. The molecule has 114 valence electrons. The lowest BCUT2D eigenvalue weighted by atomic mass is 10.2. The van der Waals surface area contributed by atoms with Crippen LogP contribution >= 0.6 is 45.8 Å². The Bertz CT molecular complexity index is 715. The van der Waals surface area contributed by atoms with Crippen molar-refractivity contribution in [1.82, 2.24) is 5.43 Å². The molecule has 0 saturated carbocycles. The Labute approximate surface area is 151 Å². The minimum absolute atomic E-state index is 0.333. The maximum Gasteiger partial charge on any atom is 0.271 e. The van der Waals surface area contributed by atoms with E-state index in [1.165, 1.54) is 6.21 Å². The van der Waals surface area contributed by atoms with Crippen LogP contribution in [0.4, 0.5) is 0 Å². The van der Waals surface area contributed by atoms with Crippen LogP contribution in [0, 0.1) is 3.57 Å². The third-order valence-electron chi connectivity index (χ3n) is 2.77. The van der Waals surface area contributed by atoms with Crippen LogP contribution in [-0.4, -0.2) is 19.2 Å². The number of carbonyl (C=O) groups excluding carboxylic acids is 1. The van der Waals surface area contributed by atoms with Crippen LogP contribution in [0.5, 0.6) is 5.75 Å². The molecular formula is C15H11Cl2IN2O2. The smallest absolute Gasteiger partial charge is 0.271 e. The highest BCUT2D eigenvalue weighted by atomic mass is 127. The summed E-state index contributed by atoms with van der Waals surface area (Å²) in [7, 11) is 1.58. The first-order chi connectivity index (χ1) is 10.5. The van der Waals surface area contributed by atoms with Gasteiger partial charge in [0.2, 0.25) is 0 Å². The fraction of sp³-hybridized carbons (Fsp3) is 0.0667. The quantitative estimate of drug-likeness (QED) is 0.429. The molecule has 22 heavy (non-hydrogen) atoms. The van der Waals surface area contributed by atoms with E-state index in [0.717, 1.165) is 3.57 Å². The monoisotopic (exact) mass is 448 g/mol. The largest absolute Gasteiger partial charge is 0.496 e. The molecule has 0 aliphatic heterocycles. The minimum Gasteiger partial charge on any atom is -0.496 e. The van der Waals surface area contributed by atoms with Gasteiger partial charge in [-0.15, -0.1) is 0 Å². The average molecular weight is 449 g/mol. The van der Waals surface area contributed by atoms with E-state index in [9.17, 15) is 4.79 Å². The molecule has 0 aromatic heterocycles. The highest BCUT2D eigenvalue weighted by Crippen LogP contribution is 2.22. The summed E-state index contributed by atoms with van der Waals surface area (Å²) < 4.78 is 5.99. The van der Waals surface area contributed by atoms with Gasteiger partial charge in [-0.25, -0.2) is 5.43 Å². The molecule has 0 heterocycles. The molecule has 0 atom stereocenters. The van der Waals surface area contributed by atoms with E-state index in [4.69, 9.17) is 27.9 Å². The van der Waals surface area contributed by atoms with Crippen LogP contribution in [0.2, 0.25) is 10.0 Å². The molecule has 0 aliphatic carbocycles. The predicted molar refractivity (Wildman–Crippen MR) is 97.2 cm³/mol. The molecule has 4 nitrogen and oxygen atoms in total. The Hall–Kier alpha value is -1.31. The van der Waals surface area contributed by atoms with Crippen LogP contribution in [0.3, 0.4) is 0 Å². The number of hydrogen-bond acceptors (Lipinski definition) is 3. The Morgan fingerprint density at radius 2 is 1.95 bits per heavy atom. The zero-order chi connectivity index (χ0) is 16.1. The van der Waals surface area contributed by atoms with E-state index in [2.05, 4.69) is 33.1 Å². The van der Waals surface area contributed by atoms with E-state index in [0.29, 0.717) is 26.9 Å². The standard InChI is InChI=1S/C15H11Cl2IN2O2/c1-22-14-6-5-9(7-13(14)18)15(21)20-19-8-10-11(16)3-2-4-12(10)17/h2-8H,1H3,(H,20,21)/b19-8+. The summed E-state index contributed by atoms with van der Waals surface area (Å²) in [5.74, 6) is 0.378. The summed E-state index contributed by atoms with van der Waals surface area (Å²) in [5.41, 5.74) is 3.47. The molecule has 2 aromatic carbocycles. The zero-order valence-corrected chi connectivity index (χ0v) is 15.1. The van der Waals surface area contributed by atoms with Crippen molar-refractivity contribution in [2.45, 2.75) is 0 Å². The number of hydrogen-bond donors (Lipinski definition) is 1. The maximum absolute atomic E-state index is 12.0. The van der Waals surface area contributed by atoms with Gasteiger partial charge in [-0.2, -0.15) is 5.10 Å². The molecule has 0 fully saturated rings. The number of benzene rings is 2. The Kier molecular flexibility index (Phi) is 6.05. The number of ether oxygens (including phenoxy) is 1. The third kappa shape index (κ3) is 4.12. The third-order valence-corrected chi connectivity index (χ3v) is 4.28. The van der Waals surface area contributed by atoms with Crippen molar-refractivity contribution >= 4 is 57.9 Å². The number of amides is 1. The van der Waals surface area contributed by atoms with Crippen LogP contribution in [0.15, 0.2) is 41.5 Å². The highest BCUT2D eigenvalue weighted by Gasteiger charge is 2.08. The molecule has 0 radical (unpaired) electrons. The molecular weight excluding hydrogens is 438 g/mol. The van der Waals surface area contributed by atoms with Crippen molar-refractivity contribution < 1.29 is 9.53 Å². The number of nitrogens with zero attached hydrogens (tertiary/aromatic N) is 1. The first-order valence-electron chi connectivity index (χ1n) is 6.14. The molecule has 2 aromatic rings. The van der Waals surface area contributed by atoms with E-state index < -0.39 is 0 Å². The summed E-state index contributed by atoms with van der Waals surface area (Å²) in [6.07, 6.45) is 1.41. The van der Waals surface area contributed by atoms with Gasteiger partial charge in [0.1, 0.15) is 5.75 Å². The van der Waals surface area contributed by atoms with Crippen molar-refractivity contribution in [3.63, 3.8) is 0 Å². The number of carbonyl (C=O) groups is 1. The lowest BCUT2D eigenvalue weighted by molar-refractivity contribution is 0.0955. The number of halogens is 3. The van der Waals surface area contributed by atoms with Gasteiger partial charge >= 0.3 is 0 Å². The summed E-state index contributed by atoms with van der Waals surface area (Å²) in [4.78, 5) is 12.0. The van der Waals surface area contributed by atoms with Gasteiger partial charge in [0.15, 0.2) is 0 Å². The van der Waals surface area contributed by atoms with Crippen LogP contribution in [0.1, 0.15) is 15.9 Å². The second-order valence-corrected chi connectivity index (χ2v) is 6.16. The van der Waals surface area contributed by atoms with Crippen molar-refractivity contribution in [1.29, 1.82) is 0 Å². The lowest BCUT2D eigenvalue weighted by Gasteiger charge is -2.05. The number of methoxy groups -OCH3 is 1. The predicted octanol–water partition coefficient (Wildman–Crippen LogP) is 4.37.